The van der Waals surface area contributed by atoms with E-state index in [1.165, 1.54) is 30.6 Å². The van der Waals surface area contributed by atoms with Crippen molar-refractivity contribution in [1.82, 2.24) is 4.90 Å². The maximum Gasteiger partial charge on any atom is 0.410 e. The first-order valence-corrected chi connectivity index (χ1v) is 9.43. The molecule has 0 bridgehead atoms. The molecule has 0 N–H and O–H groups in total. The molecule has 0 atom stereocenters. The van der Waals surface area contributed by atoms with Crippen LogP contribution in [0.3, 0.4) is 0 Å². The molecule has 0 heterocycles. The van der Waals surface area contributed by atoms with Crippen LogP contribution in [0.4, 0.5) is 4.79 Å². The maximum absolute atomic E-state index is 11.7. The molecule has 0 saturated carbocycles. The fourth-order valence-corrected chi connectivity index (χ4v) is 2.07. The minimum absolute atomic E-state index is 0.162. The summed E-state index contributed by atoms with van der Waals surface area (Å²) < 4.78 is 15.7. The molecule has 0 unspecified atom stereocenters. The lowest BCUT2D eigenvalue weighted by molar-refractivity contribution is -0.145. The number of hydrogen-bond donors (Lipinski definition) is 0. The molecule has 6 heteroatoms. The van der Waals surface area contributed by atoms with Crippen LogP contribution in [0.25, 0.3) is 0 Å². The number of carbonyl (C=O) groups is 2. The number of unbranched alkanes of at least 4 members (excludes halogenated alkanes) is 5. The minimum atomic E-state index is -0.504. The third kappa shape index (κ3) is 15.9. The highest BCUT2D eigenvalue weighted by Crippen LogP contribution is 2.09. The second-order valence-electron chi connectivity index (χ2n) is 7.25. The lowest BCUT2D eigenvalue weighted by Crippen LogP contribution is -2.36. The second kappa shape index (κ2) is 13.9. The smallest absolute Gasteiger partial charge is 0.410 e. The number of amides is 1. The van der Waals surface area contributed by atoms with Gasteiger partial charge in [-0.2, -0.15) is 0 Å². The molecule has 0 aliphatic rings. The van der Waals surface area contributed by atoms with E-state index in [1.54, 1.807) is 7.05 Å². The van der Waals surface area contributed by atoms with Crippen molar-refractivity contribution in [2.45, 2.75) is 78.2 Å². The standard InChI is InChI=1S/C19H37NO5/c1-6-7-8-9-10-11-12-17(21)24-16-15-23-14-13-20(5)18(22)25-19(2,3)4/h6-16H2,1-5H3. The highest BCUT2D eigenvalue weighted by molar-refractivity contribution is 5.69. The van der Waals surface area contributed by atoms with E-state index in [9.17, 15) is 9.59 Å². The van der Waals surface area contributed by atoms with Crippen LogP contribution in [-0.2, 0) is 19.0 Å². The molecular weight excluding hydrogens is 322 g/mol. The number of esters is 1. The molecule has 1 amide bonds. The van der Waals surface area contributed by atoms with Gasteiger partial charge in [0.15, 0.2) is 0 Å². The molecule has 6 nitrogen and oxygen atoms in total. The van der Waals surface area contributed by atoms with Gasteiger partial charge in [-0.1, -0.05) is 39.0 Å². The molecule has 25 heavy (non-hydrogen) atoms. The SMILES string of the molecule is CCCCCCCCC(=O)OCCOCCN(C)C(=O)OC(C)(C)C. The number of likely N-dealkylation sites (N-methyl/N-ethyl adjacent to an activating group) is 1. The number of nitrogens with zero attached hydrogens (tertiary/aromatic N) is 1. The Labute approximate surface area is 153 Å². The van der Waals surface area contributed by atoms with Crippen molar-refractivity contribution in [3.63, 3.8) is 0 Å². The zero-order valence-corrected chi connectivity index (χ0v) is 16.8. The number of hydrogen-bond acceptors (Lipinski definition) is 5. The largest absolute Gasteiger partial charge is 0.463 e. The van der Waals surface area contributed by atoms with Gasteiger partial charge in [-0.25, -0.2) is 4.79 Å². The summed E-state index contributed by atoms with van der Waals surface area (Å²) in [6.45, 7) is 9.08. The van der Waals surface area contributed by atoms with Crippen LogP contribution >= 0.6 is 0 Å². The Morgan fingerprint density at radius 2 is 1.56 bits per heavy atom. The average Bonchev–Trinajstić information content (AvgIpc) is 2.52. The molecule has 0 aliphatic carbocycles. The Balaban J connectivity index is 3.50. The van der Waals surface area contributed by atoms with Gasteiger partial charge in [0.1, 0.15) is 12.2 Å². The van der Waals surface area contributed by atoms with E-state index in [4.69, 9.17) is 14.2 Å². The van der Waals surface area contributed by atoms with Gasteiger partial charge in [-0.05, 0) is 27.2 Å². The van der Waals surface area contributed by atoms with E-state index in [-0.39, 0.29) is 18.7 Å². The van der Waals surface area contributed by atoms with E-state index < -0.39 is 5.60 Å². The van der Waals surface area contributed by atoms with Gasteiger partial charge >= 0.3 is 12.1 Å². The molecule has 0 aliphatic heterocycles. The summed E-state index contributed by atoms with van der Waals surface area (Å²) in [6, 6.07) is 0. The molecule has 0 aromatic heterocycles. The number of ether oxygens (including phenoxy) is 3. The number of rotatable bonds is 13. The van der Waals surface area contributed by atoms with Crippen LogP contribution in [0.15, 0.2) is 0 Å². The number of carbonyl (C=O) groups excluding carboxylic acids is 2. The minimum Gasteiger partial charge on any atom is -0.463 e. The summed E-state index contributed by atoms with van der Waals surface area (Å²) in [6.07, 6.45) is 7.02. The lowest BCUT2D eigenvalue weighted by atomic mass is 10.1. The summed E-state index contributed by atoms with van der Waals surface area (Å²) in [5.41, 5.74) is -0.504. The highest BCUT2D eigenvalue weighted by atomic mass is 16.6. The van der Waals surface area contributed by atoms with Crippen LogP contribution in [-0.4, -0.2) is 56.0 Å². The van der Waals surface area contributed by atoms with Gasteiger partial charge < -0.3 is 19.1 Å². The molecule has 0 fully saturated rings. The lowest BCUT2D eigenvalue weighted by Gasteiger charge is -2.24. The Hall–Kier alpha value is -1.30. The Kier molecular flexibility index (Phi) is 13.2. The molecule has 0 spiro atoms. The fraction of sp³-hybridized carbons (Fsp3) is 0.895. The molecule has 0 rings (SSSR count). The summed E-state index contributed by atoms with van der Waals surface area (Å²) in [5, 5.41) is 0. The van der Waals surface area contributed by atoms with E-state index in [0.29, 0.717) is 26.2 Å². The average molecular weight is 360 g/mol. The normalized spacial score (nSPS) is 11.2. The van der Waals surface area contributed by atoms with Gasteiger partial charge in [-0.3, -0.25) is 4.79 Å². The van der Waals surface area contributed by atoms with Crippen molar-refractivity contribution in [3.05, 3.63) is 0 Å². The van der Waals surface area contributed by atoms with Crippen molar-refractivity contribution >= 4 is 12.1 Å². The van der Waals surface area contributed by atoms with Crippen molar-refractivity contribution < 1.29 is 23.8 Å². The zero-order valence-electron chi connectivity index (χ0n) is 16.8. The molecule has 0 saturated heterocycles. The Morgan fingerprint density at radius 1 is 0.920 bits per heavy atom. The molecule has 148 valence electrons. The first-order valence-electron chi connectivity index (χ1n) is 9.43. The van der Waals surface area contributed by atoms with Crippen LogP contribution in [0.5, 0.6) is 0 Å². The van der Waals surface area contributed by atoms with Crippen molar-refractivity contribution in [2.75, 3.05) is 33.4 Å². The predicted octanol–water partition coefficient (Wildman–Crippen LogP) is 4.16. The van der Waals surface area contributed by atoms with Crippen molar-refractivity contribution in [2.24, 2.45) is 0 Å². The fourth-order valence-electron chi connectivity index (χ4n) is 2.07. The van der Waals surface area contributed by atoms with Crippen LogP contribution in [0.1, 0.15) is 72.6 Å². The summed E-state index contributed by atoms with van der Waals surface area (Å²) in [7, 11) is 1.66. The summed E-state index contributed by atoms with van der Waals surface area (Å²) in [4.78, 5) is 24.7. The van der Waals surface area contributed by atoms with E-state index in [2.05, 4.69) is 6.92 Å². The topological polar surface area (TPSA) is 65.1 Å². The van der Waals surface area contributed by atoms with Crippen LogP contribution < -0.4 is 0 Å². The second-order valence-corrected chi connectivity index (χ2v) is 7.25. The summed E-state index contributed by atoms with van der Waals surface area (Å²) in [5.74, 6) is -0.162. The van der Waals surface area contributed by atoms with E-state index in [1.807, 2.05) is 20.8 Å². The maximum atomic E-state index is 11.7. The van der Waals surface area contributed by atoms with Crippen molar-refractivity contribution in [1.29, 1.82) is 0 Å². The Morgan fingerprint density at radius 3 is 2.20 bits per heavy atom. The monoisotopic (exact) mass is 359 g/mol. The first-order chi connectivity index (χ1) is 11.8. The zero-order chi connectivity index (χ0) is 19.1. The van der Waals surface area contributed by atoms with E-state index in [0.717, 1.165) is 12.8 Å². The first kappa shape index (κ1) is 23.7. The van der Waals surface area contributed by atoms with Gasteiger partial charge in [0, 0.05) is 20.0 Å². The molecule has 0 radical (unpaired) electrons. The van der Waals surface area contributed by atoms with Gasteiger partial charge in [0.25, 0.3) is 0 Å². The molecule has 0 aromatic rings. The van der Waals surface area contributed by atoms with E-state index >= 15 is 0 Å². The van der Waals surface area contributed by atoms with Gasteiger partial charge in [-0.15, -0.1) is 0 Å². The summed E-state index contributed by atoms with van der Waals surface area (Å²) >= 11 is 0. The third-order valence-electron chi connectivity index (χ3n) is 3.50. The molecule has 0 aromatic carbocycles. The van der Waals surface area contributed by atoms with Gasteiger partial charge in [0.2, 0.25) is 0 Å². The van der Waals surface area contributed by atoms with Crippen LogP contribution in [0, 0.1) is 0 Å². The quantitative estimate of drug-likeness (QED) is 0.365. The van der Waals surface area contributed by atoms with Gasteiger partial charge in [0.05, 0.1) is 13.2 Å². The predicted molar refractivity (Wildman–Crippen MR) is 98.6 cm³/mol. The third-order valence-corrected chi connectivity index (χ3v) is 3.50. The van der Waals surface area contributed by atoms with Crippen molar-refractivity contribution in [3.8, 4) is 0 Å². The highest BCUT2D eigenvalue weighted by Gasteiger charge is 2.19. The Bertz CT molecular complexity index is 365. The molecular formula is C19H37NO5. The van der Waals surface area contributed by atoms with Crippen LogP contribution in [0.2, 0.25) is 0 Å².